The Morgan fingerprint density at radius 1 is 0.800 bits per heavy atom. The van der Waals surface area contributed by atoms with Gasteiger partial charge in [0, 0.05) is 0 Å². The first kappa shape index (κ1) is 8.14. The van der Waals surface area contributed by atoms with Crippen LogP contribution in [0.25, 0.3) is 0 Å². The Balaban J connectivity index is 3.09. The summed E-state index contributed by atoms with van der Waals surface area (Å²) in [6, 6.07) is 0. The average Bonchev–Trinajstić information content (AvgIpc) is 2.07. The molecule has 56 valence electrons. The summed E-state index contributed by atoms with van der Waals surface area (Å²) in [7, 11) is 0. The van der Waals surface area contributed by atoms with E-state index in [1.807, 2.05) is 0 Å². The van der Waals surface area contributed by atoms with E-state index >= 15 is 0 Å². The monoisotopic (exact) mass is 198 g/mol. The van der Waals surface area contributed by atoms with Crippen LogP contribution in [0.5, 0.6) is 0 Å². The Labute approximate surface area is 68.3 Å². The van der Waals surface area contributed by atoms with E-state index in [1.165, 1.54) is 0 Å². The van der Waals surface area contributed by atoms with E-state index in [0.717, 1.165) is 0 Å². The van der Waals surface area contributed by atoms with E-state index in [9.17, 15) is 0 Å². The normalized spacial score (nSPS) is 21.3. The first-order valence-electron chi connectivity index (χ1n) is 3.64. The first-order chi connectivity index (χ1) is 4.55. The second-order valence-corrected chi connectivity index (χ2v) is 8.14. The second-order valence-electron chi connectivity index (χ2n) is 2.98. The van der Waals surface area contributed by atoms with Gasteiger partial charge >= 0.3 is 67.9 Å². The van der Waals surface area contributed by atoms with Crippen LogP contribution in [0.2, 0.25) is 5.71 Å². The Morgan fingerprint density at radius 2 is 1.10 bits per heavy atom. The van der Waals surface area contributed by atoms with Crippen LogP contribution in [-0.4, -0.2) is 14.7 Å². The zero-order chi connectivity index (χ0) is 7.89. The summed E-state index contributed by atoms with van der Waals surface area (Å²) in [6.07, 6.45) is 0. The van der Waals surface area contributed by atoms with Gasteiger partial charge in [-0.15, -0.1) is 0 Å². The Morgan fingerprint density at radius 3 is 1.20 bits per heavy atom. The molecule has 1 aliphatic rings. The molecule has 1 aliphatic heterocycles. The fourth-order valence-electron chi connectivity index (χ4n) is 1.30. The molecule has 0 saturated heterocycles. The standard InChI is InChI=1S/C9H15As/c1-6-7(2)9(4)10(5)8(6)3/h1-5H3. The van der Waals surface area contributed by atoms with Crippen LogP contribution in [0, 0.1) is 0 Å². The Bertz CT molecular complexity index is 197. The third-order valence-electron chi connectivity index (χ3n) is 2.65. The van der Waals surface area contributed by atoms with Crippen LogP contribution in [0.4, 0.5) is 0 Å². The fraction of sp³-hybridized carbons (Fsp3) is 0.556. The molecule has 0 radical (unpaired) electrons. The van der Waals surface area contributed by atoms with Crippen molar-refractivity contribution >= 4 is 14.7 Å². The predicted octanol–water partition coefficient (Wildman–Crippen LogP) is 2.88. The van der Waals surface area contributed by atoms with Gasteiger partial charge in [0.05, 0.1) is 0 Å². The SMILES string of the molecule is CC1=C(C)[As](C)C(C)=C1C. The molecule has 0 aromatic carbocycles. The van der Waals surface area contributed by atoms with Crippen molar-refractivity contribution in [3.05, 3.63) is 19.9 Å². The number of allylic oxidation sites excluding steroid dienone is 4. The van der Waals surface area contributed by atoms with E-state index in [-0.39, 0.29) is 0 Å². The van der Waals surface area contributed by atoms with Gasteiger partial charge in [-0.2, -0.15) is 0 Å². The molecule has 0 bridgehead atoms. The fourth-order valence-corrected chi connectivity index (χ4v) is 5.17. The van der Waals surface area contributed by atoms with Crippen LogP contribution in [0.3, 0.4) is 0 Å². The molecule has 1 heterocycles. The van der Waals surface area contributed by atoms with Gasteiger partial charge in [0.25, 0.3) is 0 Å². The van der Waals surface area contributed by atoms with E-state index in [0.29, 0.717) is 0 Å². The molecule has 0 atom stereocenters. The van der Waals surface area contributed by atoms with Gasteiger partial charge in [-0.1, -0.05) is 0 Å². The maximum absolute atomic E-state index is 2.43. The van der Waals surface area contributed by atoms with Crippen molar-refractivity contribution in [1.29, 1.82) is 0 Å². The quantitative estimate of drug-likeness (QED) is 0.525. The Hall–Kier alpha value is 0.0384. The molecule has 0 fully saturated rings. The molecular weight excluding hydrogens is 183 g/mol. The molecule has 0 nitrogen and oxygen atoms in total. The molecule has 0 N–H and O–H groups in total. The predicted molar refractivity (Wildman–Crippen MR) is 48.4 cm³/mol. The summed E-state index contributed by atoms with van der Waals surface area (Å²) in [4.78, 5) is 0. The third-order valence-corrected chi connectivity index (χ3v) is 8.28. The number of hydrogen-bond acceptors (Lipinski definition) is 0. The molecule has 10 heavy (non-hydrogen) atoms. The number of rotatable bonds is 0. The minimum atomic E-state index is -0.659. The molecule has 0 amide bonds. The third kappa shape index (κ3) is 0.992. The van der Waals surface area contributed by atoms with Gasteiger partial charge in [0.2, 0.25) is 0 Å². The summed E-state index contributed by atoms with van der Waals surface area (Å²) in [5.41, 5.74) is 5.57. The summed E-state index contributed by atoms with van der Waals surface area (Å²) in [5, 5.41) is 0. The van der Waals surface area contributed by atoms with Crippen LogP contribution in [-0.2, 0) is 0 Å². The molecule has 1 heteroatoms. The number of hydrogen-bond donors (Lipinski definition) is 0. The molecule has 0 spiro atoms. The van der Waals surface area contributed by atoms with E-state index in [1.54, 1.807) is 19.9 Å². The van der Waals surface area contributed by atoms with Crippen molar-refractivity contribution in [2.75, 3.05) is 0 Å². The minimum absolute atomic E-state index is 0.659. The molecule has 0 aromatic heterocycles. The van der Waals surface area contributed by atoms with Gasteiger partial charge < -0.3 is 0 Å². The van der Waals surface area contributed by atoms with E-state index < -0.39 is 14.7 Å². The first-order valence-corrected chi connectivity index (χ1v) is 7.40. The molecule has 0 unspecified atom stereocenters. The molecular formula is C9H15As. The zero-order valence-corrected chi connectivity index (χ0v) is 9.32. The van der Waals surface area contributed by atoms with Crippen molar-refractivity contribution in [3.8, 4) is 0 Å². The molecule has 0 aliphatic carbocycles. The van der Waals surface area contributed by atoms with Crippen LogP contribution in [0.1, 0.15) is 27.7 Å². The molecule has 0 aromatic rings. The van der Waals surface area contributed by atoms with Gasteiger partial charge in [-0.25, -0.2) is 0 Å². The van der Waals surface area contributed by atoms with Crippen LogP contribution >= 0.6 is 0 Å². The van der Waals surface area contributed by atoms with Crippen molar-refractivity contribution in [1.82, 2.24) is 0 Å². The summed E-state index contributed by atoms with van der Waals surface area (Å²) >= 11 is -0.659. The summed E-state index contributed by atoms with van der Waals surface area (Å²) in [5.74, 6) is 0. The van der Waals surface area contributed by atoms with Crippen LogP contribution in [0.15, 0.2) is 19.9 Å². The van der Waals surface area contributed by atoms with Gasteiger partial charge in [-0.05, 0) is 0 Å². The van der Waals surface area contributed by atoms with Crippen molar-refractivity contribution in [3.63, 3.8) is 0 Å². The second kappa shape index (κ2) is 2.58. The molecule has 0 saturated carbocycles. The van der Waals surface area contributed by atoms with Gasteiger partial charge in [0.15, 0.2) is 0 Å². The Kier molecular flexibility index (Phi) is 2.10. The van der Waals surface area contributed by atoms with Crippen molar-refractivity contribution in [2.24, 2.45) is 0 Å². The summed E-state index contributed by atoms with van der Waals surface area (Å²) < 4.78 is 3.39. The van der Waals surface area contributed by atoms with Gasteiger partial charge in [0.1, 0.15) is 0 Å². The zero-order valence-electron chi connectivity index (χ0n) is 7.45. The van der Waals surface area contributed by atoms with Crippen molar-refractivity contribution < 1.29 is 0 Å². The topological polar surface area (TPSA) is 0 Å². The summed E-state index contributed by atoms with van der Waals surface area (Å²) in [6.45, 7) is 9.11. The van der Waals surface area contributed by atoms with Crippen molar-refractivity contribution in [2.45, 2.75) is 33.4 Å². The van der Waals surface area contributed by atoms with E-state index in [4.69, 9.17) is 0 Å². The molecule has 1 rings (SSSR count). The van der Waals surface area contributed by atoms with Crippen LogP contribution < -0.4 is 0 Å². The maximum atomic E-state index is 2.43. The van der Waals surface area contributed by atoms with E-state index in [2.05, 4.69) is 33.4 Å². The van der Waals surface area contributed by atoms with Gasteiger partial charge in [-0.3, -0.25) is 0 Å². The average molecular weight is 198 g/mol.